The summed E-state index contributed by atoms with van der Waals surface area (Å²) in [6.07, 6.45) is 0.455. The van der Waals surface area contributed by atoms with E-state index < -0.39 is 0 Å². The first-order valence-electron chi connectivity index (χ1n) is 6.63. The molecule has 0 spiro atoms. The Kier molecular flexibility index (Phi) is 5.57. The molecule has 21 heavy (non-hydrogen) atoms. The number of thiophene rings is 2. The fourth-order valence-corrected chi connectivity index (χ4v) is 3.56. The number of hydrogen-bond acceptors (Lipinski definition) is 4. The molecule has 2 aromatic heterocycles. The summed E-state index contributed by atoms with van der Waals surface area (Å²) in [6.45, 7) is 4.61. The summed E-state index contributed by atoms with van der Waals surface area (Å²) < 4.78 is 0. The van der Waals surface area contributed by atoms with E-state index >= 15 is 0 Å². The molecule has 2 rings (SSSR count). The maximum absolute atomic E-state index is 12.2. The van der Waals surface area contributed by atoms with Crippen LogP contribution in [0.2, 0.25) is 0 Å². The van der Waals surface area contributed by atoms with Crippen molar-refractivity contribution in [2.45, 2.75) is 26.8 Å². The molecule has 0 aliphatic carbocycles. The lowest BCUT2D eigenvalue weighted by Crippen LogP contribution is -2.21. The van der Waals surface area contributed by atoms with Crippen molar-refractivity contribution in [2.75, 3.05) is 6.61 Å². The normalized spacial score (nSPS) is 10.0. The highest BCUT2D eigenvalue weighted by atomic mass is 32.1. The Morgan fingerprint density at radius 3 is 2.86 bits per heavy atom. The van der Waals surface area contributed by atoms with Gasteiger partial charge in [-0.2, -0.15) is 0 Å². The Balaban J connectivity index is 2.02. The third-order valence-corrected chi connectivity index (χ3v) is 5.13. The molecule has 0 saturated carbocycles. The molecular weight excluding hydrogens is 302 g/mol. The maximum Gasteiger partial charge on any atom is 0.261 e. The first-order chi connectivity index (χ1) is 10.1. The summed E-state index contributed by atoms with van der Waals surface area (Å²) >= 11 is 3.05. The van der Waals surface area contributed by atoms with Crippen molar-refractivity contribution in [1.82, 2.24) is 5.32 Å². The molecule has 1 amide bonds. The van der Waals surface area contributed by atoms with Crippen LogP contribution < -0.4 is 5.32 Å². The molecule has 0 atom stereocenters. The average molecular weight is 319 g/mol. The quantitative estimate of drug-likeness (QED) is 0.851. The topological polar surface area (TPSA) is 49.3 Å². The van der Waals surface area contributed by atoms with Gasteiger partial charge in [-0.1, -0.05) is 11.8 Å². The average Bonchev–Trinajstić information content (AvgIpc) is 3.03. The highest BCUT2D eigenvalue weighted by molar-refractivity contribution is 7.14. The SMILES string of the molecule is Cc1cc(C(=O)NCc2sccc2C)sc1C#CCCO. The van der Waals surface area contributed by atoms with Crippen LogP contribution >= 0.6 is 22.7 Å². The molecule has 110 valence electrons. The summed E-state index contributed by atoms with van der Waals surface area (Å²) in [6, 6.07) is 3.92. The van der Waals surface area contributed by atoms with Crippen molar-refractivity contribution in [1.29, 1.82) is 0 Å². The number of rotatable bonds is 4. The summed E-state index contributed by atoms with van der Waals surface area (Å²) in [4.78, 5) is 14.9. The third kappa shape index (κ3) is 4.18. The predicted molar refractivity (Wildman–Crippen MR) is 87.9 cm³/mol. The Morgan fingerprint density at radius 1 is 1.38 bits per heavy atom. The summed E-state index contributed by atoms with van der Waals surface area (Å²) in [5.41, 5.74) is 2.21. The van der Waals surface area contributed by atoms with Crippen LogP contribution in [0.3, 0.4) is 0 Å². The number of carbonyl (C=O) groups is 1. The van der Waals surface area contributed by atoms with E-state index in [4.69, 9.17) is 5.11 Å². The van der Waals surface area contributed by atoms with E-state index in [2.05, 4.69) is 23.2 Å². The zero-order chi connectivity index (χ0) is 15.2. The van der Waals surface area contributed by atoms with E-state index in [9.17, 15) is 4.79 Å². The molecule has 5 heteroatoms. The van der Waals surface area contributed by atoms with E-state index in [1.165, 1.54) is 21.8 Å². The van der Waals surface area contributed by atoms with Gasteiger partial charge in [0.05, 0.1) is 22.9 Å². The summed E-state index contributed by atoms with van der Waals surface area (Å²) in [7, 11) is 0. The van der Waals surface area contributed by atoms with Gasteiger partial charge in [-0.15, -0.1) is 22.7 Å². The smallest absolute Gasteiger partial charge is 0.261 e. The van der Waals surface area contributed by atoms with Crippen LogP contribution in [0.4, 0.5) is 0 Å². The van der Waals surface area contributed by atoms with E-state index in [0.717, 1.165) is 10.4 Å². The van der Waals surface area contributed by atoms with E-state index in [-0.39, 0.29) is 12.5 Å². The maximum atomic E-state index is 12.2. The van der Waals surface area contributed by atoms with Gasteiger partial charge in [0.2, 0.25) is 0 Å². The molecule has 0 unspecified atom stereocenters. The molecule has 0 bridgehead atoms. The van der Waals surface area contributed by atoms with Gasteiger partial charge in [-0.25, -0.2) is 0 Å². The second-order valence-electron chi connectivity index (χ2n) is 4.61. The fourth-order valence-electron chi connectivity index (χ4n) is 1.75. The molecule has 0 aromatic carbocycles. The molecule has 3 nitrogen and oxygen atoms in total. The lowest BCUT2D eigenvalue weighted by atomic mass is 10.2. The van der Waals surface area contributed by atoms with E-state index in [0.29, 0.717) is 17.8 Å². The third-order valence-electron chi connectivity index (χ3n) is 2.96. The van der Waals surface area contributed by atoms with Crippen LogP contribution in [-0.4, -0.2) is 17.6 Å². The van der Waals surface area contributed by atoms with Gasteiger partial charge in [0.1, 0.15) is 0 Å². The Hall–Kier alpha value is -1.61. The molecule has 0 saturated heterocycles. The van der Waals surface area contributed by atoms with Crippen LogP contribution in [0.15, 0.2) is 17.5 Å². The van der Waals surface area contributed by atoms with Crippen molar-refractivity contribution < 1.29 is 9.90 Å². The van der Waals surface area contributed by atoms with Crippen LogP contribution in [0.5, 0.6) is 0 Å². The van der Waals surface area contributed by atoms with Gasteiger partial charge in [0, 0.05) is 11.3 Å². The van der Waals surface area contributed by atoms with Gasteiger partial charge in [-0.05, 0) is 42.5 Å². The number of aliphatic hydroxyl groups is 1. The highest BCUT2D eigenvalue weighted by Crippen LogP contribution is 2.21. The lowest BCUT2D eigenvalue weighted by Gasteiger charge is -2.02. The fraction of sp³-hybridized carbons (Fsp3) is 0.312. The Morgan fingerprint density at radius 2 is 2.19 bits per heavy atom. The van der Waals surface area contributed by atoms with Crippen molar-refractivity contribution in [2.24, 2.45) is 0 Å². The largest absolute Gasteiger partial charge is 0.395 e. The van der Waals surface area contributed by atoms with Crippen molar-refractivity contribution in [3.8, 4) is 11.8 Å². The predicted octanol–water partition coefficient (Wildman–Crippen LogP) is 3.09. The van der Waals surface area contributed by atoms with E-state index in [1.54, 1.807) is 11.3 Å². The standard InChI is InChI=1S/C16H17NO2S2/c1-11-6-8-20-15(11)10-17-16(19)14-9-12(2)13(21-14)5-3-4-7-18/h6,8-9,18H,4,7,10H2,1-2H3,(H,17,19). The van der Waals surface area contributed by atoms with Crippen LogP contribution in [-0.2, 0) is 6.54 Å². The van der Waals surface area contributed by atoms with Crippen molar-refractivity contribution in [3.05, 3.63) is 43.3 Å². The minimum Gasteiger partial charge on any atom is -0.395 e. The van der Waals surface area contributed by atoms with Crippen LogP contribution in [0.1, 0.15) is 37.0 Å². The highest BCUT2D eigenvalue weighted by Gasteiger charge is 2.12. The van der Waals surface area contributed by atoms with Gasteiger partial charge in [0.25, 0.3) is 5.91 Å². The molecule has 2 aromatic rings. The van der Waals surface area contributed by atoms with Gasteiger partial charge in [-0.3, -0.25) is 4.79 Å². The first kappa shape index (κ1) is 15.8. The number of hydrogen-bond donors (Lipinski definition) is 2. The molecule has 0 radical (unpaired) electrons. The van der Waals surface area contributed by atoms with Gasteiger partial charge >= 0.3 is 0 Å². The molecule has 2 N–H and O–H groups in total. The number of carbonyl (C=O) groups excluding carboxylic acids is 1. The Labute approximate surface area is 132 Å². The summed E-state index contributed by atoms with van der Waals surface area (Å²) in [5.74, 6) is 5.82. The molecular formula is C16H17NO2S2. The second kappa shape index (κ2) is 7.41. The molecule has 2 heterocycles. The minimum absolute atomic E-state index is 0.0604. The number of amides is 1. The zero-order valence-corrected chi connectivity index (χ0v) is 13.7. The van der Waals surface area contributed by atoms with E-state index in [1.807, 2.05) is 25.3 Å². The number of aryl methyl sites for hydroxylation is 2. The Bertz CT molecular complexity index is 689. The van der Waals surface area contributed by atoms with Gasteiger partial charge < -0.3 is 10.4 Å². The molecule has 0 aliphatic rings. The monoisotopic (exact) mass is 319 g/mol. The van der Waals surface area contributed by atoms with Crippen molar-refractivity contribution in [3.63, 3.8) is 0 Å². The van der Waals surface area contributed by atoms with Crippen LogP contribution in [0.25, 0.3) is 0 Å². The van der Waals surface area contributed by atoms with Crippen molar-refractivity contribution >= 4 is 28.6 Å². The van der Waals surface area contributed by atoms with Crippen LogP contribution in [0, 0.1) is 25.7 Å². The van der Waals surface area contributed by atoms with Gasteiger partial charge in [0.15, 0.2) is 0 Å². The molecule has 0 fully saturated rings. The zero-order valence-electron chi connectivity index (χ0n) is 12.0. The minimum atomic E-state index is -0.0638. The lowest BCUT2D eigenvalue weighted by molar-refractivity contribution is 0.0955. The summed E-state index contributed by atoms with van der Waals surface area (Å²) in [5, 5.41) is 13.7. The second-order valence-corrected chi connectivity index (χ2v) is 6.66. The molecule has 0 aliphatic heterocycles. The first-order valence-corrected chi connectivity index (χ1v) is 8.32. The number of nitrogens with one attached hydrogen (secondary N) is 1. The number of aliphatic hydroxyl groups excluding tert-OH is 1.